The summed E-state index contributed by atoms with van der Waals surface area (Å²) in [4.78, 5) is 36.2. The molecule has 0 aliphatic carbocycles. The molecule has 0 saturated carbocycles. The average molecular weight is 380 g/mol. The Balaban J connectivity index is 1.84. The molecule has 0 spiro atoms. The van der Waals surface area contributed by atoms with Gasteiger partial charge < -0.3 is 0 Å². The highest BCUT2D eigenvalue weighted by atomic mass is 35.5. The first-order valence-corrected chi connectivity index (χ1v) is 8.23. The Morgan fingerprint density at radius 2 is 1.74 bits per heavy atom. The van der Waals surface area contributed by atoms with Crippen molar-refractivity contribution in [3.05, 3.63) is 86.4 Å². The SMILES string of the molecule is O=C1c2cccc3cc([N+](=O)[O-])cc(c23)C(=O)N1/N=C/c1cccc(Cl)c1. The van der Waals surface area contributed by atoms with E-state index in [4.69, 9.17) is 11.6 Å². The Labute approximate surface area is 157 Å². The Bertz CT molecular complexity index is 1170. The molecule has 0 aromatic heterocycles. The van der Waals surface area contributed by atoms with Gasteiger partial charge in [-0.05, 0) is 29.1 Å². The van der Waals surface area contributed by atoms with Gasteiger partial charge in [-0.3, -0.25) is 19.7 Å². The van der Waals surface area contributed by atoms with Gasteiger partial charge in [0, 0.05) is 22.5 Å². The smallest absolute Gasteiger partial charge is 0.267 e. The first kappa shape index (κ1) is 16.9. The van der Waals surface area contributed by atoms with Crippen LogP contribution in [0.15, 0.2) is 59.7 Å². The molecule has 1 aliphatic heterocycles. The number of non-ortho nitro benzene ring substituents is 1. The molecule has 1 heterocycles. The van der Waals surface area contributed by atoms with Gasteiger partial charge in [-0.2, -0.15) is 10.1 Å². The predicted octanol–water partition coefficient (Wildman–Crippen LogP) is 4.03. The van der Waals surface area contributed by atoms with Gasteiger partial charge >= 0.3 is 0 Å². The zero-order chi connectivity index (χ0) is 19.1. The summed E-state index contributed by atoms with van der Waals surface area (Å²) in [5.74, 6) is -1.31. The van der Waals surface area contributed by atoms with E-state index in [0.717, 1.165) is 0 Å². The van der Waals surface area contributed by atoms with Gasteiger partial charge in [0.2, 0.25) is 0 Å². The highest BCUT2D eigenvalue weighted by Crippen LogP contribution is 2.33. The number of amides is 2. The van der Waals surface area contributed by atoms with E-state index >= 15 is 0 Å². The first-order valence-electron chi connectivity index (χ1n) is 7.85. The normalized spacial score (nSPS) is 13.6. The number of rotatable bonds is 3. The zero-order valence-corrected chi connectivity index (χ0v) is 14.4. The fourth-order valence-electron chi connectivity index (χ4n) is 3.00. The number of hydrogen-bond donors (Lipinski definition) is 0. The lowest BCUT2D eigenvalue weighted by molar-refractivity contribution is -0.384. The first-order chi connectivity index (χ1) is 13.0. The Kier molecular flexibility index (Phi) is 3.93. The maximum absolute atomic E-state index is 12.8. The fourth-order valence-corrected chi connectivity index (χ4v) is 3.20. The molecule has 0 atom stereocenters. The highest BCUT2D eigenvalue weighted by Gasteiger charge is 2.34. The van der Waals surface area contributed by atoms with Crippen LogP contribution in [0.5, 0.6) is 0 Å². The van der Waals surface area contributed by atoms with Crippen molar-refractivity contribution in [1.82, 2.24) is 5.01 Å². The summed E-state index contributed by atoms with van der Waals surface area (Å²) in [6.07, 6.45) is 1.34. The van der Waals surface area contributed by atoms with Gasteiger partial charge in [-0.1, -0.05) is 35.9 Å². The number of nitro benzene ring substituents is 1. The molecule has 1 aliphatic rings. The molecular weight excluding hydrogens is 370 g/mol. The van der Waals surface area contributed by atoms with Crippen LogP contribution in [0.25, 0.3) is 10.8 Å². The molecule has 3 aromatic rings. The number of benzene rings is 3. The van der Waals surface area contributed by atoms with Crippen LogP contribution in [0.4, 0.5) is 5.69 Å². The lowest BCUT2D eigenvalue weighted by Gasteiger charge is -2.22. The number of hydrogen-bond acceptors (Lipinski definition) is 5. The van der Waals surface area contributed by atoms with Crippen LogP contribution in [-0.2, 0) is 0 Å². The molecule has 0 radical (unpaired) electrons. The molecule has 8 heteroatoms. The number of carbonyl (C=O) groups is 2. The quantitative estimate of drug-likeness (QED) is 0.297. The molecule has 3 aromatic carbocycles. The molecule has 0 bridgehead atoms. The Morgan fingerprint density at radius 1 is 1.00 bits per heavy atom. The van der Waals surface area contributed by atoms with Crippen LogP contribution >= 0.6 is 11.6 Å². The van der Waals surface area contributed by atoms with Gasteiger partial charge in [0.15, 0.2) is 0 Å². The van der Waals surface area contributed by atoms with E-state index in [1.807, 2.05) is 0 Å². The molecule has 27 heavy (non-hydrogen) atoms. The van der Waals surface area contributed by atoms with Gasteiger partial charge in [0.05, 0.1) is 22.3 Å². The van der Waals surface area contributed by atoms with Crippen molar-refractivity contribution in [2.24, 2.45) is 5.10 Å². The Morgan fingerprint density at radius 3 is 2.48 bits per heavy atom. The zero-order valence-electron chi connectivity index (χ0n) is 13.6. The summed E-state index contributed by atoms with van der Waals surface area (Å²) in [5, 5.41) is 17.2. The minimum atomic E-state index is -0.717. The molecule has 7 nitrogen and oxygen atoms in total. The third kappa shape index (κ3) is 2.84. The van der Waals surface area contributed by atoms with Crippen LogP contribution in [0.3, 0.4) is 0 Å². The number of nitrogens with zero attached hydrogens (tertiary/aromatic N) is 3. The maximum Gasteiger partial charge on any atom is 0.282 e. The topological polar surface area (TPSA) is 92.9 Å². The number of hydrazone groups is 1. The van der Waals surface area contributed by atoms with E-state index in [0.29, 0.717) is 26.4 Å². The van der Waals surface area contributed by atoms with Crippen LogP contribution < -0.4 is 0 Å². The monoisotopic (exact) mass is 379 g/mol. The van der Waals surface area contributed by atoms with E-state index in [-0.39, 0.29) is 16.8 Å². The summed E-state index contributed by atoms with van der Waals surface area (Å²) in [6, 6.07) is 14.1. The van der Waals surface area contributed by atoms with Gasteiger partial charge in [-0.25, -0.2) is 0 Å². The minimum Gasteiger partial charge on any atom is -0.267 e. The number of nitro groups is 1. The Hall–Kier alpha value is -3.58. The molecule has 0 N–H and O–H groups in total. The summed E-state index contributed by atoms with van der Waals surface area (Å²) in [7, 11) is 0. The minimum absolute atomic E-state index is 0.0673. The predicted molar refractivity (Wildman–Crippen MR) is 100 cm³/mol. The van der Waals surface area contributed by atoms with Crippen molar-refractivity contribution in [2.45, 2.75) is 0 Å². The van der Waals surface area contributed by atoms with Crippen LogP contribution in [0.2, 0.25) is 5.02 Å². The lowest BCUT2D eigenvalue weighted by atomic mass is 9.94. The van der Waals surface area contributed by atoms with Crippen LogP contribution in [-0.4, -0.2) is 28.0 Å². The van der Waals surface area contributed by atoms with Crippen LogP contribution in [0, 0.1) is 10.1 Å². The summed E-state index contributed by atoms with van der Waals surface area (Å²) < 4.78 is 0. The van der Waals surface area contributed by atoms with Crippen molar-refractivity contribution in [3.8, 4) is 0 Å². The average Bonchev–Trinajstić information content (AvgIpc) is 2.65. The van der Waals surface area contributed by atoms with Crippen molar-refractivity contribution in [1.29, 1.82) is 0 Å². The summed E-state index contributed by atoms with van der Waals surface area (Å²) >= 11 is 5.92. The number of carbonyl (C=O) groups excluding carboxylic acids is 2. The van der Waals surface area contributed by atoms with Crippen LogP contribution in [0.1, 0.15) is 26.3 Å². The van der Waals surface area contributed by atoms with E-state index < -0.39 is 16.7 Å². The lowest BCUT2D eigenvalue weighted by Crippen LogP contribution is -2.36. The second-order valence-corrected chi connectivity index (χ2v) is 6.31. The second kappa shape index (κ2) is 6.30. The van der Waals surface area contributed by atoms with E-state index in [1.165, 1.54) is 18.3 Å². The van der Waals surface area contributed by atoms with Crippen molar-refractivity contribution in [3.63, 3.8) is 0 Å². The largest absolute Gasteiger partial charge is 0.282 e. The maximum atomic E-state index is 12.8. The van der Waals surface area contributed by atoms with Crippen molar-refractivity contribution >= 4 is 46.1 Å². The molecule has 2 amide bonds. The van der Waals surface area contributed by atoms with Gasteiger partial charge in [0.1, 0.15) is 0 Å². The summed E-state index contributed by atoms with van der Waals surface area (Å²) in [6.45, 7) is 0. The molecule has 0 saturated heterocycles. The summed E-state index contributed by atoms with van der Waals surface area (Å²) in [5.41, 5.74) is 0.708. The molecule has 132 valence electrons. The number of halogens is 1. The fraction of sp³-hybridized carbons (Fsp3) is 0. The van der Waals surface area contributed by atoms with Gasteiger partial charge in [-0.15, -0.1) is 0 Å². The molecule has 0 fully saturated rings. The standard InChI is InChI=1S/C19H10ClN3O4/c20-13-5-1-3-11(7-13)10-21-22-18(24)15-6-2-4-12-8-14(23(26)27)9-16(17(12)15)19(22)25/h1-10H/b21-10+. The van der Waals surface area contributed by atoms with Gasteiger partial charge in [0.25, 0.3) is 17.5 Å². The number of imide groups is 1. The molecule has 0 unspecified atom stereocenters. The van der Waals surface area contributed by atoms with E-state index in [2.05, 4.69) is 5.10 Å². The van der Waals surface area contributed by atoms with E-state index in [1.54, 1.807) is 42.5 Å². The second-order valence-electron chi connectivity index (χ2n) is 5.88. The molecular formula is C19H10ClN3O4. The van der Waals surface area contributed by atoms with Crippen molar-refractivity contribution in [2.75, 3.05) is 0 Å². The third-order valence-corrected chi connectivity index (χ3v) is 4.42. The highest BCUT2D eigenvalue weighted by molar-refractivity contribution is 6.30. The van der Waals surface area contributed by atoms with E-state index in [9.17, 15) is 19.7 Å². The molecule has 4 rings (SSSR count). The third-order valence-electron chi connectivity index (χ3n) is 4.19. The van der Waals surface area contributed by atoms with Crippen molar-refractivity contribution < 1.29 is 14.5 Å².